The molecule has 1 aromatic heterocycles. The van der Waals surface area contributed by atoms with Gasteiger partial charge in [0.2, 0.25) is 10.0 Å². The molecule has 102 valence electrons. The van der Waals surface area contributed by atoms with Gasteiger partial charge in [-0.15, -0.1) is 0 Å². The number of aromatic nitrogens is 1. The van der Waals surface area contributed by atoms with Crippen molar-refractivity contribution in [1.82, 2.24) is 5.16 Å². The van der Waals surface area contributed by atoms with Crippen LogP contribution in [0.15, 0.2) is 33.7 Å². The molecule has 0 fully saturated rings. The van der Waals surface area contributed by atoms with Crippen molar-refractivity contribution < 1.29 is 12.9 Å². The number of primary sulfonamides is 1. The summed E-state index contributed by atoms with van der Waals surface area (Å²) in [6.07, 6.45) is 0. The largest absolute Gasteiger partial charge is 0.396 e. The third-order valence-corrected chi connectivity index (χ3v) is 3.48. The molecule has 1 aromatic carbocycles. The highest BCUT2D eigenvalue weighted by molar-refractivity contribution is 7.89. The summed E-state index contributed by atoms with van der Waals surface area (Å²) < 4.78 is 27.6. The standard InChI is InChI=1S/C11H14N4O3S/c1-7-5-8(15-18-7)6-14-9-3-2-4-10(11(9)12)19(13,16)17/h2-5,14H,6,12H2,1H3,(H2,13,16,17). The number of rotatable bonds is 4. The molecule has 2 rings (SSSR count). The Morgan fingerprint density at radius 1 is 1.42 bits per heavy atom. The first kappa shape index (κ1) is 13.4. The average molecular weight is 282 g/mol. The maximum atomic E-state index is 11.3. The van der Waals surface area contributed by atoms with E-state index in [0.29, 0.717) is 23.7 Å². The number of nitrogen functional groups attached to an aromatic ring is 1. The average Bonchev–Trinajstić information content (AvgIpc) is 2.72. The zero-order chi connectivity index (χ0) is 14.0. The van der Waals surface area contributed by atoms with Gasteiger partial charge in [-0.25, -0.2) is 13.6 Å². The lowest BCUT2D eigenvalue weighted by Crippen LogP contribution is -2.15. The Balaban J connectivity index is 2.22. The van der Waals surface area contributed by atoms with Gasteiger partial charge in [-0.05, 0) is 19.1 Å². The second kappa shape index (κ2) is 4.90. The predicted octanol–water partition coefficient (Wildman–Crippen LogP) is 0.825. The Kier molecular flexibility index (Phi) is 3.45. The first-order valence-corrected chi connectivity index (χ1v) is 7.00. The van der Waals surface area contributed by atoms with E-state index in [0.717, 1.165) is 0 Å². The Morgan fingerprint density at radius 2 is 2.16 bits per heavy atom. The second-order valence-electron chi connectivity index (χ2n) is 4.04. The van der Waals surface area contributed by atoms with Crippen LogP contribution in [0.1, 0.15) is 11.5 Å². The van der Waals surface area contributed by atoms with Gasteiger partial charge in [0, 0.05) is 6.07 Å². The summed E-state index contributed by atoms with van der Waals surface area (Å²) in [6, 6.07) is 6.35. The van der Waals surface area contributed by atoms with Gasteiger partial charge in [-0.1, -0.05) is 11.2 Å². The number of hydrogen-bond acceptors (Lipinski definition) is 6. The molecule has 7 nitrogen and oxygen atoms in total. The number of hydrogen-bond donors (Lipinski definition) is 3. The summed E-state index contributed by atoms with van der Waals surface area (Å²) in [5.74, 6) is 0.697. The molecule has 1 heterocycles. The first-order chi connectivity index (χ1) is 8.88. The molecule has 0 spiro atoms. The van der Waals surface area contributed by atoms with E-state index in [9.17, 15) is 8.42 Å². The topological polar surface area (TPSA) is 124 Å². The van der Waals surface area contributed by atoms with Crippen molar-refractivity contribution in [2.45, 2.75) is 18.4 Å². The molecule has 2 aromatic rings. The number of nitrogens with zero attached hydrogens (tertiary/aromatic N) is 1. The van der Waals surface area contributed by atoms with Crippen molar-refractivity contribution in [2.75, 3.05) is 11.1 Å². The molecule has 5 N–H and O–H groups in total. The van der Waals surface area contributed by atoms with E-state index in [-0.39, 0.29) is 10.6 Å². The molecule has 0 unspecified atom stereocenters. The van der Waals surface area contributed by atoms with Gasteiger partial charge in [0.05, 0.1) is 17.9 Å². The summed E-state index contributed by atoms with van der Waals surface area (Å²) in [6.45, 7) is 2.15. The van der Waals surface area contributed by atoms with E-state index in [1.54, 1.807) is 25.1 Å². The molecule has 0 aliphatic rings. The molecule has 0 aliphatic carbocycles. The molecule has 0 amide bonds. The van der Waals surface area contributed by atoms with E-state index in [1.807, 2.05) is 0 Å². The van der Waals surface area contributed by atoms with E-state index in [2.05, 4.69) is 10.5 Å². The van der Waals surface area contributed by atoms with Crippen LogP contribution in [0.2, 0.25) is 0 Å². The van der Waals surface area contributed by atoms with Crippen LogP contribution in [-0.4, -0.2) is 13.6 Å². The van der Waals surface area contributed by atoms with Crippen LogP contribution in [0.3, 0.4) is 0 Å². The van der Waals surface area contributed by atoms with Gasteiger partial charge in [-0.3, -0.25) is 0 Å². The van der Waals surface area contributed by atoms with Crippen LogP contribution in [0.4, 0.5) is 11.4 Å². The van der Waals surface area contributed by atoms with E-state index < -0.39 is 10.0 Å². The van der Waals surface area contributed by atoms with Crippen molar-refractivity contribution in [3.8, 4) is 0 Å². The van der Waals surface area contributed by atoms with Crippen molar-refractivity contribution in [3.05, 3.63) is 35.7 Å². The summed E-state index contributed by atoms with van der Waals surface area (Å²) in [5.41, 5.74) is 7.03. The third-order valence-electron chi connectivity index (χ3n) is 2.51. The fourth-order valence-corrected chi connectivity index (χ4v) is 2.32. The van der Waals surface area contributed by atoms with Gasteiger partial charge in [0.25, 0.3) is 0 Å². The lowest BCUT2D eigenvalue weighted by Gasteiger charge is -2.10. The molecule has 8 heteroatoms. The highest BCUT2D eigenvalue weighted by atomic mass is 32.2. The van der Waals surface area contributed by atoms with Gasteiger partial charge in [0.15, 0.2) is 0 Å². The number of nitrogens with two attached hydrogens (primary N) is 2. The number of nitrogens with one attached hydrogen (secondary N) is 1. The van der Waals surface area contributed by atoms with Crippen LogP contribution in [0, 0.1) is 6.92 Å². The molecular weight excluding hydrogens is 268 g/mol. The summed E-state index contributed by atoms with van der Waals surface area (Å²) in [5, 5.41) is 11.9. The normalized spacial score (nSPS) is 11.5. The maximum Gasteiger partial charge on any atom is 0.240 e. The second-order valence-corrected chi connectivity index (χ2v) is 5.57. The van der Waals surface area contributed by atoms with Gasteiger partial charge in [-0.2, -0.15) is 0 Å². The molecular formula is C11H14N4O3S. The zero-order valence-corrected chi connectivity index (χ0v) is 11.1. The van der Waals surface area contributed by atoms with Crippen LogP contribution >= 0.6 is 0 Å². The SMILES string of the molecule is Cc1cc(CNc2cccc(S(N)(=O)=O)c2N)no1. The first-order valence-electron chi connectivity index (χ1n) is 5.45. The van der Waals surface area contributed by atoms with E-state index in [1.165, 1.54) is 6.07 Å². The number of aryl methyl sites for hydroxylation is 1. The number of sulfonamides is 1. The number of anilines is 2. The highest BCUT2D eigenvalue weighted by Gasteiger charge is 2.14. The minimum absolute atomic E-state index is 0.0882. The molecule has 0 radical (unpaired) electrons. The van der Waals surface area contributed by atoms with Gasteiger partial charge in [0.1, 0.15) is 16.3 Å². The van der Waals surface area contributed by atoms with Crippen LogP contribution in [0.5, 0.6) is 0 Å². The molecule has 0 atom stereocenters. The Bertz CT molecular complexity index is 694. The third kappa shape index (κ3) is 3.04. The monoisotopic (exact) mass is 282 g/mol. The molecule has 0 saturated carbocycles. The molecule has 0 saturated heterocycles. The Morgan fingerprint density at radius 3 is 2.74 bits per heavy atom. The minimum atomic E-state index is -3.83. The number of benzene rings is 1. The zero-order valence-electron chi connectivity index (χ0n) is 10.3. The van der Waals surface area contributed by atoms with Crippen LogP contribution < -0.4 is 16.2 Å². The lowest BCUT2D eigenvalue weighted by atomic mass is 10.2. The lowest BCUT2D eigenvalue weighted by molar-refractivity contribution is 0.391. The van der Waals surface area contributed by atoms with E-state index in [4.69, 9.17) is 15.4 Å². The summed E-state index contributed by atoms with van der Waals surface area (Å²) in [4.78, 5) is -0.103. The summed E-state index contributed by atoms with van der Waals surface area (Å²) in [7, 11) is -3.83. The van der Waals surface area contributed by atoms with Gasteiger partial charge >= 0.3 is 0 Å². The van der Waals surface area contributed by atoms with Crippen molar-refractivity contribution in [1.29, 1.82) is 0 Å². The quantitative estimate of drug-likeness (QED) is 0.713. The van der Waals surface area contributed by atoms with Crippen LogP contribution in [-0.2, 0) is 16.6 Å². The van der Waals surface area contributed by atoms with Crippen LogP contribution in [0.25, 0.3) is 0 Å². The number of para-hydroxylation sites is 1. The fraction of sp³-hybridized carbons (Fsp3) is 0.182. The molecule has 0 aliphatic heterocycles. The molecule has 0 bridgehead atoms. The van der Waals surface area contributed by atoms with Crippen molar-refractivity contribution in [3.63, 3.8) is 0 Å². The fourth-order valence-electron chi connectivity index (χ4n) is 1.63. The Labute approximate surface area is 110 Å². The Hall–Kier alpha value is -2.06. The highest BCUT2D eigenvalue weighted by Crippen LogP contribution is 2.26. The minimum Gasteiger partial charge on any atom is -0.396 e. The summed E-state index contributed by atoms with van der Waals surface area (Å²) >= 11 is 0. The van der Waals surface area contributed by atoms with Crippen molar-refractivity contribution in [2.24, 2.45) is 5.14 Å². The van der Waals surface area contributed by atoms with E-state index >= 15 is 0 Å². The van der Waals surface area contributed by atoms with Gasteiger partial charge < -0.3 is 15.6 Å². The predicted molar refractivity (Wildman–Crippen MR) is 70.8 cm³/mol. The maximum absolute atomic E-state index is 11.3. The van der Waals surface area contributed by atoms with Crippen molar-refractivity contribution >= 4 is 21.4 Å². The smallest absolute Gasteiger partial charge is 0.240 e. The molecule has 19 heavy (non-hydrogen) atoms.